The van der Waals surface area contributed by atoms with E-state index in [4.69, 9.17) is 0 Å². The summed E-state index contributed by atoms with van der Waals surface area (Å²) < 4.78 is 19.2. The third-order valence-corrected chi connectivity index (χ3v) is 14.6. The van der Waals surface area contributed by atoms with Crippen molar-refractivity contribution in [3.63, 3.8) is 0 Å². The largest absolute Gasteiger partial charge is 0.296 e. The van der Waals surface area contributed by atoms with Gasteiger partial charge in [0.15, 0.2) is 0 Å². The predicted molar refractivity (Wildman–Crippen MR) is 239 cm³/mol. The lowest BCUT2D eigenvalue weighted by atomic mass is 9.78. The molecule has 0 spiro atoms. The summed E-state index contributed by atoms with van der Waals surface area (Å²) in [5.74, 6) is 0.646. The van der Waals surface area contributed by atoms with Crippen molar-refractivity contribution in [1.29, 1.82) is 0 Å². The van der Waals surface area contributed by atoms with Crippen LogP contribution in [0.5, 0.6) is 0 Å². The summed E-state index contributed by atoms with van der Waals surface area (Å²) in [6.07, 6.45) is 0. The first-order valence-corrected chi connectivity index (χ1v) is 21.6. The number of benzene rings is 7. The number of fused-ring (bicyclic) bond motifs is 1. The first-order chi connectivity index (χ1) is 26.5. The molecule has 0 N–H and O–H groups in total. The van der Waals surface area contributed by atoms with E-state index in [1.807, 2.05) is 0 Å². The Labute approximate surface area is 329 Å². The SMILES string of the molecule is CC(C)c1ccc(P(=O)(c2ccc(C(C)C)cc2-c2c(-c3ccccc3)c(-c3ccccc3)c(-c3ccccc3)c3ccccc23)N(C(C)C)C(C)C)cc1. The summed E-state index contributed by atoms with van der Waals surface area (Å²) in [5.41, 5.74) is 11.6. The summed E-state index contributed by atoms with van der Waals surface area (Å²) in [4.78, 5) is 0. The van der Waals surface area contributed by atoms with Crippen molar-refractivity contribution in [3.8, 4) is 44.5 Å². The Hall–Kier alpha value is -5.01. The van der Waals surface area contributed by atoms with Gasteiger partial charge in [-0.25, -0.2) is 4.67 Å². The monoisotopic (exact) mass is 739 g/mol. The van der Waals surface area contributed by atoms with Crippen LogP contribution in [0, 0.1) is 0 Å². The molecule has 7 aromatic rings. The van der Waals surface area contributed by atoms with Gasteiger partial charge in [-0.15, -0.1) is 0 Å². The van der Waals surface area contributed by atoms with E-state index in [-0.39, 0.29) is 18.0 Å². The molecule has 0 heterocycles. The third kappa shape index (κ3) is 7.15. The lowest BCUT2D eigenvalue weighted by Gasteiger charge is -2.40. The molecule has 0 bridgehead atoms. The summed E-state index contributed by atoms with van der Waals surface area (Å²) >= 11 is 0. The molecule has 2 nitrogen and oxygen atoms in total. The average molecular weight is 740 g/mol. The van der Waals surface area contributed by atoms with E-state index in [9.17, 15) is 0 Å². The Balaban J connectivity index is 1.73. The molecule has 0 saturated carbocycles. The fourth-order valence-corrected chi connectivity index (χ4v) is 11.9. The van der Waals surface area contributed by atoms with Crippen LogP contribution in [-0.2, 0) is 4.57 Å². The fraction of sp³-hybridized carbons (Fsp3) is 0.231. The Bertz CT molecular complexity index is 2440. The van der Waals surface area contributed by atoms with Gasteiger partial charge in [0.2, 0.25) is 7.29 Å². The van der Waals surface area contributed by atoms with Crippen LogP contribution in [0.4, 0.5) is 0 Å². The van der Waals surface area contributed by atoms with Gasteiger partial charge >= 0.3 is 0 Å². The van der Waals surface area contributed by atoms with E-state index in [1.54, 1.807) is 0 Å². The normalized spacial score (nSPS) is 13.0. The lowest BCUT2D eigenvalue weighted by Crippen LogP contribution is -2.41. The second-order valence-corrected chi connectivity index (χ2v) is 18.6. The summed E-state index contributed by atoms with van der Waals surface area (Å²) in [6, 6.07) is 56.8. The zero-order valence-corrected chi connectivity index (χ0v) is 34.5. The molecule has 55 heavy (non-hydrogen) atoms. The van der Waals surface area contributed by atoms with Gasteiger partial charge in [0.05, 0.1) is 0 Å². The van der Waals surface area contributed by atoms with Gasteiger partial charge in [-0.2, -0.15) is 0 Å². The number of rotatable bonds is 11. The molecule has 0 aliphatic carbocycles. The Kier molecular flexibility index (Phi) is 11.1. The molecule has 0 aliphatic heterocycles. The first-order valence-electron chi connectivity index (χ1n) is 19.9. The second kappa shape index (κ2) is 16.0. The maximum atomic E-state index is 16.9. The number of hydrogen-bond acceptors (Lipinski definition) is 1. The van der Waals surface area contributed by atoms with E-state index in [0.29, 0.717) is 5.92 Å². The lowest BCUT2D eigenvalue weighted by molar-refractivity contribution is 0.307. The van der Waals surface area contributed by atoms with E-state index >= 15 is 4.57 Å². The maximum absolute atomic E-state index is 16.9. The smallest absolute Gasteiger partial charge is 0.208 e. The first kappa shape index (κ1) is 38.3. The second-order valence-electron chi connectivity index (χ2n) is 16.0. The van der Waals surface area contributed by atoms with E-state index in [1.165, 1.54) is 33.2 Å². The quantitative estimate of drug-likeness (QED) is 0.123. The maximum Gasteiger partial charge on any atom is 0.208 e. The highest BCUT2D eigenvalue weighted by atomic mass is 31.2. The van der Waals surface area contributed by atoms with Crippen LogP contribution in [0.2, 0.25) is 0 Å². The molecule has 0 aliphatic rings. The average Bonchev–Trinajstić information content (AvgIpc) is 3.20. The minimum atomic E-state index is -3.46. The van der Waals surface area contributed by atoms with Crippen molar-refractivity contribution in [3.05, 3.63) is 169 Å². The van der Waals surface area contributed by atoms with Crippen LogP contribution in [0.1, 0.15) is 78.4 Å². The van der Waals surface area contributed by atoms with Crippen LogP contribution in [0.3, 0.4) is 0 Å². The third-order valence-electron chi connectivity index (χ3n) is 11.0. The molecule has 7 aromatic carbocycles. The summed E-state index contributed by atoms with van der Waals surface area (Å²) in [5, 5.41) is 4.06. The van der Waals surface area contributed by atoms with Gasteiger partial charge in [0.1, 0.15) is 0 Å². The fourth-order valence-electron chi connectivity index (χ4n) is 8.49. The molecule has 0 amide bonds. The molecule has 1 atom stereocenters. The van der Waals surface area contributed by atoms with Crippen LogP contribution in [-0.4, -0.2) is 16.8 Å². The van der Waals surface area contributed by atoms with Crippen LogP contribution >= 0.6 is 7.29 Å². The molecular weight excluding hydrogens is 686 g/mol. The van der Waals surface area contributed by atoms with Crippen molar-refractivity contribution in [2.45, 2.75) is 79.3 Å². The predicted octanol–water partition coefficient (Wildman–Crippen LogP) is 14.1. The highest BCUT2D eigenvalue weighted by Gasteiger charge is 2.41. The van der Waals surface area contributed by atoms with Gasteiger partial charge < -0.3 is 0 Å². The highest BCUT2D eigenvalue weighted by Crippen LogP contribution is 2.56. The van der Waals surface area contributed by atoms with Crippen LogP contribution < -0.4 is 10.6 Å². The van der Waals surface area contributed by atoms with E-state index < -0.39 is 7.29 Å². The molecule has 3 heteroatoms. The topological polar surface area (TPSA) is 20.3 Å². The van der Waals surface area contributed by atoms with Gasteiger partial charge in [-0.1, -0.05) is 167 Å². The summed E-state index contributed by atoms with van der Waals surface area (Å²) in [6.45, 7) is 17.7. The molecule has 0 radical (unpaired) electrons. The minimum absolute atomic E-state index is 0.0268. The van der Waals surface area contributed by atoms with Crippen LogP contribution in [0.15, 0.2) is 158 Å². The van der Waals surface area contributed by atoms with Crippen molar-refractivity contribution < 1.29 is 4.57 Å². The molecule has 7 rings (SSSR count). The zero-order chi connectivity index (χ0) is 38.9. The molecule has 0 fully saturated rings. The molecule has 0 saturated heterocycles. The number of nitrogens with zero attached hydrogens (tertiary/aromatic N) is 1. The van der Waals surface area contributed by atoms with Gasteiger partial charge in [-0.05, 0) is 124 Å². The van der Waals surface area contributed by atoms with Gasteiger partial charge in [-0.3, -0.25) is 4.57 Å². The molecular formula is C52H54NOP. The van der Waals surface area contributed by atoms with Crippen molar-refractivity contribution in [2.24, 2.45) is 0 Å². The molecule has 278 valence electrons. The number of hydrogen-bond donors (Lipinski definition) is 0. The van der Waals surface area contributed by atoms with Crippen LogP contribution in [0.25, 0.3) is 55.3 Å². The highest BCUT2D eigenvalue weighted by molar-refractivity contribution is 7.76. The van der Waals surface area contributed by atoms with Gasteiger partial charge in [0, 0.05) is 22.7 Å². The van der Waals surface area contributed by atoms with Crippen molar-refractivity contribution in [1.82, 2.24) is 4.67 Å². The Morgan fingerprint density at radius 3 is 1.27 bits per heavy atom. The molecule has 1 unspecified atom stereocenters. The molecule has 0 aromatic heterocycles. The van der Waals surface area contributed by atoms with E-state index in [2.05, 4.69) is 218 Å². The Morgan fingerprint density at radius 1 is 0.418 bits per heavy atom. The van der Waals surface area contributed by atoms with Crippen molar-refractivity contribution in [2.75, 3.05) is 0 Å². The summed E-state index contributed by atoms with van der Waals surface area (Å²) in [7, 11) is -3.46. The Morgan fingerprint density at radius 2 is 0.818 bits per heavy atom. The van der Waals surface area contributed by atoms with E-state index in [0.717, 1.165) is 43.8 Å². The standard InChI is InChI=1S/C52H54NOP/c1-35(2)39-28-31-44(32-29-39)55(54,53(37(5)6)38(7)8)48-33-30-43(36(3)4)34-47(48)52-46-27-19-18-26-45(46)49(40-20-12-9-13-21-40)50(41-22-14-10-15-23-41)51(52)42-24-16-11-17-25-42/h9-38H,1-8H3. The van der Waals surface area contributed by atoms with Gasteiger partial charge in [0.25, 0.3) is 0 Å². The minimum Gasteiger partial charge on any atom is -0.296 e. The van der Waals surface area contributed by atoms with Crippen molar-refractivity contribution >= 4 is 28.7 Å². The zero-order valence-electron chi connectivity index (χ0n) is 33.6.